The van der Waals surface area contributed by atoms with E-state index < -0.39 is 6.10 Å². The van der Waals surface area contributed by atoms with Gasteiger partial charge in [0.25, 0.3) is 0 Å². The molecule has 0 heterocycles. The Balaban J connectivity index is 4.08. The number of hydrogen-bond donors (Lipinski definition) is 0. The van der Waals surface area contributed by atoms with E-state index in [1.807, 2.05) is 0 Å². The number of ether oxygens (including phenoxy) is 3. The van der Waals surface area contributed by atoms with Gasteiger partial charge < -0.3 is 14.2 Å². The van der Waals surface area contributed by atoms with Gasteiger partial charge in [-0.3, -0.25) is 9.59 Å². The molecule has 1 atom stereocenters. The minimum atomic E-state index is -0.537. The number of esters is 2. The third-order valence-corrected chi connectivity index (χ3v) is 11.3. The summed E-state index contributed by atoms with van der Waals surface area (Å²) >= 11 is 0. The smallest absolute Gasteiger partial charge is 0.306 e. The van der Waals surface area contributed by atoms with Crippen molar-refractivity contribution in [1.29, 1.82) is 0 Å². The van der Waals surface area contributed by atoms with E-state index in [4.69, 9.17) is 14.2 Å². The molecule has 5 heteroatoms. The maximum atomic E-state index is 12.7. The van der Waals surface area contributed by atoms with Crippen molar-refractivity contribution in [3.05, 3.63) is 48.6 Å². The van der Waals surface area contributed by atoms with Gasteiger partial charge in [0.1, 0.15) is 6.61 Å². The van der Waals surface area contributed by atoms with E-state index in [0.29, 0.717) is 19.4 Å². The first-order valence-corrected chi connectivity index (χ1v) is 26.2. The molecule has 0 fully saturated rings. The molecule has 0 aliphatic heterocycles. The fraction of sp³-hybridized carbons (Fsp3) is 0.818. The van der Waals surface area contributed by atoms with Gasteiger partial charge in [0.2, 0.25) is 0 Å². The van der Waals surface area contributed by atoms with Gasteiger partial charge >= 0.3 is 11.9 Å². The summed E-state index contributed by atoms with van der Waals surface area (Å²) in [6.45, 7) is 7.77. The monoisotopic (exact) mass is 841 g/mol. The van der Waals surface area contributed by atoms with Gasteiger partial charge in [-0.05, 0) is 83.5 Å². The Labute approximate surface area is 373 Å². The van der Waals surface area contributed by atoms with Crippen LogP contribution < -0.4 is 0 Å². The van der Waals surface area contributed by atoms with Crippen molar-refractivity contribution in [1.82, 2.24) is 0 Å². The van der Waals surface area contributed by atoms with E-state index in [1.165, 1.54) is 167 Å². The van der Waals surface area contributed by atoms with Crippen molar-refractivity contribution in [2.24, 2.45) is 0 Å². The van der Waals surface area contributed by atoms with Crippen LogP contribution in [0.4, 0.5) is 0 Å². The van der Waals surface area contributed by atoms with E-state index in [-0.39, 0.29) is 25.2 Å². The van der Waals surface area contributed by atoms with E-state index in [1.54, 1.807) is 0 Å². The highest BCUT2D eigenvalue weighted by Crippen LogP contribution is 2.14. The van der Waals surface area contributed by atoms with Crippen molar-refractivity contribution in [2.45, 2.75) is 271 Å². The predicted octanol–water partition coefficient (Wildman–Crippen LogP) is 17.6. The van der Waals surface area contributed by atoms with Crippen LogP contribution in [-0.2, 0) is 23.8 Å². The first-order valence-electron chi connectivity index (χ1n) is 26.2. The lowest BCUT2D eigenvalue weighted by molar-refractivity contribution is -0.163. The number of carbonyl (C=O) groups is 2. The van der Waals surface area contributed by atoms with Gasteiger partial charge in [-0.25, -0.2) is 0 Å². The maximum Gasteiger partial charge on any atom is 0.306 e. The van der Waals surface area contributed by atoms with Crippen LogP contribution in [0, 0.1) is 0 Å². The second-order valence-electron chi connectivity index (χ2n) is 17.4. The fourth-order valence-corrected chi connectivity index (χ4v) is 7.39. The zero-order valence-corrected chi connectivity index (χ0v) is 40.2. The number of unbranched alkanes of at least 4 members (excludes halogenated alkanes) is 29. The molecule has 0 rings (SSSR count). The van der Waals surface area contributed by atoms with Gasteiger partial charge in [-0.1, -0.05) is 217 Å². The third-order valence-electron chi connectivity index (χ3n) is 11.3. The molecule has 1 unspecified atom stereocenters. The second-order valence-corrected chi connectivity index (χ2v) is 17.4. The molecule has 0 saturated carbocycles. The zero-order chi connectivity index (χ0) is 43.5. The summed E-state index contributed by atoms with van der Waals surface area (Å²) < 4.78 is 17.3. The largest absolute Gasteiger partial charge is 0.462 e. The summed E-state index contributed by atoms with van der Waals surface area (Å²) in [4.78, 5) is 25.3. The van der Waals surface area contributed by atoms with Crippen LogP contribution in [0.5, 0.6) is 0 Å². The number of allylic oxidation sites excluding steroid dienone is 8. The molecule has 0 aromatic rings. The second kappa shape index (κ2) is 51.2. The summed E-state index contributed by atoms with van der Waals surface area (Å²) in [5, 5.41) is 0. The van der Waals surface area contributed by atoms with Crippen molar-refractivity contribution < 1.29 is 23.8 Å². The van der Waals surface area contributed by atoms with Gasteiger partial charge in [0.15, 0.2) is 6.10 Å². The van der Waals surface area contributed by atoms with Crippen LogP contribution >= 0.6 is 0 Å². The van der Waals surface area contributed by atoms with Crippen LogP contribution in [-0.4, -0.2) is 37.9 Å². The van der Waals surface area contributed by atoms with Crippen LogP contribution in [0.2, 0.25) is 0 Å². The Morgan fingerprint density at radius 1 is 0.367 bits per heavy atom. The number of rotatable bonds is 48. The average Bonchev–Trinajstić information content (AvgIpc) is 3.25. The quantitative estimate of drug-likeness (QED) is 0.0347. The first-order chi connectivity index (χ1) is 29.6. The molecule has 350 valence electrons. The molecule has 0 amide bonds. The van der Waals surface area contributed by atoms with Crippen LogP contribution in [0.25, 0.3) is 0 Å². The summed E-state index contributed by atoms with van der Waals surface area (Å²) in [5.74, 6) is -0.408. The molecule has 0 aromatic carbocycles. The lowest BCUT2D eigenvalue weighted by Gasteiger charge is -2.18. The minimum absolute atomic E-state index is 0.0794. The Morgan fingerprint density at radius 2 is 0.700 bits per heavy atom. The molecular formula is C55H100O5. The highest BCUT2D eigenvalue weighted by molar-refractivity contribution is 5.70. The van der Waals surface area contributed by atoms with E-state index in [0.717, 1.165) is 64.2 Å². The number of hydrogen-bond acceptors (Lipinski definition) is 5. The van der Waals surface area contributed by atoms with Crippen LogP contribution in [0.3, 0.4) is 0 Å². The minimum Gasteiger partial charge on any atom is -0.462 e. The Bertz CT molecular complexity index is 997. The lowest BCUT2D eigenvalue weighted by atomic mass is 10.1. The molecule has 0 N–H and O–H groups in total. The molecular weight excluding hydrogens is 741 g/mol. The van der Waals surface area contributed by atoms with Crippen molar-refractivity contribution in [3.8, 4) is 0 Å². The predicted molar refractivity (Wildman–Crippen MR) is 261 cm³/mol. The van der Waals surface area contributed by atoms with Crippen molar-refractivity contribution in [3.63, 3.8) is 0 Å². The Morgan fingerprint density at radius 3 is 1.17 bits per heavy atom. The van der Waals surface area contributed by atoms with E-state index in [9.17, 15) is 9.59 Å². The normalized spacial score (nSPS) is 12.5. The van der Waals surface area contributed by atoms with Crippen molar-refractivity contribution in [2.75, 3.05) is 19.8 Å². The van der Waals surface area contributed by atoms with E-state index >= 15 is 0 Å². The molecule has 0 bridgehead atoms. The fourth-order valence-electron chi connectivity index (χ4n) is 7.39. The molecule has 0 aliphatic rings. The summed E-state index contributed by atoms with van der Waals surface area (Å²) in [6.07, 6.45) is 62.7. The summed E-state index contributed by atoms with van der Waals surface area (Å²) in [5.41, 5.74) is 0. The zero-order valence-electron chi connectivity index (χ0n) is 40.2. The first kappa shape index (κ1) is 57.9. The van der Waals surface area contributed by atoms with Gasteiger partial charge in [-0.15, -0.1) is 0 Å². The highest BCUT2D eigenvalue weighted by Gasteiger charge is 2.17. The summed E-state index contributed by atoms with van der Waals surface area (Å²) in [6, 6.07) is 0. The standard InChI is InChI=1S/C55H100O5/c1-4-7-10-13-16-18-20-22-24-26-28-30-32-34-36-38-40-42-45-48-54(56)59-52-53(51-58-50-47-44-15-12-9-6-3)60-55(57)49-46-43-41-39-37-35-33-31-29-27-25-23-21-19-17-14-11-8-5-2/h16,18,22-25,28,30,53H,4-15,17,19-21,26-27,29,31-52H2,1-3H3/b18-16-,24-22-,25-23-,30-28-. The molecule has 0 saturated heterocycles. The Kier molecular flexibility index (Phi) is 49.4. The molecule has 0 aromatic heterocycles. The van der Waals surface area contributed by atoms with Gasteiger partial charge in [0.05, 0.1) is 6.61 Å². The average molecular weight is 841 g/mol. The SMILES string of the molecule is CCCCC/C=C\C/C=C\C/C=C\CCCCCCCCC(=O)OCC(COCCCCCCCC)OC(=O)CCCCCCCCCCC/C=C\CCCCCCCC. The van der Waals surface area contributed by atoms with Crippen LogP contribution in [0.15, 0.2) is 48.6 Å². The number of carbonyl (C=O) groups excluding carboxylic acids is 2. The third kappa shape index (κ3) is 48.5. The van der Waals surface area contributed by atoms with E-state index in [2.05, 4.69) is 69.4 Å². The lowest BCUT2D eigenvalue weighted by Crippen LogP contribution is -2.30. The topological polar surface area (TPSA) is 61.8 Å². The molecule has 0 spiro atoms. The van der Waals surface area contributed by atoms with Gasteiger partial charge in [0, 0.05) is 19.4 Å². The molecule has 60 heavy (non-hydrogen) atoms. The molecule has 0 radical (unpaired) electrons. The molecule has 0 aliphatic carbocycles. The Hall–Kier alpha value is -2.14. The maximum absolute atomic E-state index is 12.7. The summed E-state index contributed by atoms with van der Waals surface area (Å²) in [7, 11) is 0. The van der Waals surface area contributed by atoms with Crippen LogP contribution in [0.1, 0.15) is 265 Å². The van der Waals surface area contributed by atoms with Crippen molar-refractivity contribution >= 4 is 11.9 Å². The highest BCUT2D eigenvalue weighted by atomic mass is 16.6. The molecule has 5 nitrogen and oxygen atoms in total. The van der Waals surface area contributed by atoms with Gasteiger partial charge in [-0.2, -0.15) is 0 Å².